The molecule has 3 aliphatic rings. The van der Waals surface area contributed by atoms with Gasteiger partial charge in [0.25, 0.3) is 6.02 Å². The molecule has 0 saturated heterocycles. The molecule has 138 valence electrons. The van der Waals surface area contributed by atoms with Gasteiger partial charge in [0.15, 0.2) is 11.4 Å². The molecule has 1 aromatic heterocycles. The van der Waals surface area contributed by atoms with E-state index in [2.05, 4.69) is 16.1 Å². The highest BCUT2D eigenvalue weighted by Crippen LogP contribution is 2.52. The molecule has 0 radical (unpaired) electrons. The van der Waals surface area contributed by atoms with Crippen molar-refractivity contribution in [1.82, 2.24) is 4.98 Å². The number of anilines is 1. The maximum Gasteiger partial charge on any atom is 0.283 e. The molecule has 5 rings (SSSR count). The molecule has 0 bridgehead atoms. The van der Waals surface area contributed by atoms with Crippen LogP contribution in [-0.2, 0) is 15.1 Å². The lowest BCUT2D eigenvalue weighted by Crippen LogP contribution is -2.42. The summed E-state index contributed by atoms with van der Waals surface area (Å²) in [4.78, 5) is 8.80. The SMILES string of the molecule is NC1=NCC[C@]2(O1)c1cc(N)ccc1Oc1cnc(C3=CCCOC3)cc12. The normalized spacial score (nSPS) is 23.4. The number of hydrogen-bond donors (Lipinski definition) is 2. The van der Waals surface area contributed by atoms with Crippen LogP contribution in [0.4, 0.5) is 5.69 Å². The van der Waals surface area contributed by atoms with E-state index >= 15 is 0 Å². The number of ether oxygens (including phenoxy) is 3. The number of aromatic nitrogens is 1. The molecule has 2 aromatic rings. The minimum absolute atomic E-state index is 0.168. The van der Waals surface area contributed by atoms with Gasteiger partial charge in [0, 0.05) is 29.8 Å². The van der Waals surface area contributed by atoms with Crippen LogP contribution in [-0.4, -0.2) is 30.8 Å². The molecular formula is C20H20N4O3. The van der Waals surface area contributed by atoms with Gasteiger partial charge in [-0.25, -0.2) is 4.99 Å². The molecule has 0 fully saturated rings. The summed E-state index contributed by atoms with van der Waals surface area (Å²) in [6.45, 7) is 1.85. The first-order valence-corrected chi connectivity index (χ1v) is 9.00. The highest BCUT2D eigenvalue weighted by molar-refractivity contribution is 5.75. The second-order valence-corrected chi connectivity index (χ2v) is 6.89. The molecular weight excluding hydrogens is 344 g/mol. The van der Waals surface area contributed by atoms with Crippen molar-refractivity contribution in [2.24, 2.45) is 10.7 Å². The monoisotopic (exact) mass is 364 g/mol. The molecule has 3 aliphatic heterocycles. The van der Waals surface area contributed by atoms with Crippen molar-refractivity contribution in [2.75, 3.05) is 25.5 Å². The van der Waals surface area contributed by atoms with E-state index in [9.17, 15) is 0 Å². The number of hydrogen-bond acceptors (Lipinski definition) is 7. The van der Waals surface area contributed by atoms with Gasteiger partial charge in [0.1, 0.15) is 5.75 Å². The van der Waals surface area contributed by atoms with Crippen LogP contribution >= 0.6 is 0 Å². The van der Waals surface area contributed by atoms with E-state index in [1.165, 1.54) is 0 Å². The molecule has 1 spiro atoms. The summed E-state index contributed by atoms with van der Waals surface area (Å²) < 4.78 is 17.9. The Balaban J connectivity index is 1.71. The average Bonchev–Trinajstić information content (AvgIpc) is 2.69. The third kappa shape index (κ3) is 2.54. The van der Waals surface area contributed by atoms with E-state index in [1.807, 2.05) is 24.3 Å². The van der Waals surface area contributed by atoms with Crippen LogP contribution in [0.2, 0.25) is 0 Å². The zero-order chi connectivity index (χ0) is 18.4. The van der Waals surface area contributed by atoms with Crippen LogP contribution < -0.4 is 16.2 Å². The number of benzene rings is 1. The first-order chi connectivity index (χ1) is 13.2. The average molecular weight is 364 g/mol. The Labute approximate surface area is 156 Å². The van der Waals surface area contributed by atoms with Gasteiger partial charge in [-0.3, -0.25) is 4.98 Å². The maximum absolute atomic E-state index is 6.18. The topological polar surface area (TPSA) is 105 Å². The number of nitrogens with two attached hydrogens (primary N) is 2. The minimum atomic E-state index is -0.794. The summed E-state index contributed by atoms with van der Waals surface area (Å²) in [5.41, 5.74) is 15.6. The van der Waals surface area contributed by atoms with Crippen molar-refractivity contribution < 1.29 is 14.2 Å². The third-order valence-corrected chi connectivity index (χ3v) is 5.21. The number of aliphatic imine (C=N–C) groups is 1. The summed E-state index contributed by atoms with van der Waals surface area (Å²) in [7, 11) is 0. The van der Waals surface area contributed by atoms with E-state index in [-0.39, 0.29) is 6.02 Å². The second kappa shape index (κ2) is 5.99. The fourth-order valence-electron chi connectivity index (χ4n) is 3.93. The van der Waals surface area contributed by atoms with Gasteiger partial charge in [0.05, 0.1) is 25.1 Å². The first kappa shape index (κ1) is 16.1. The van der Waals surface area contributed by atoms with Crippen molar-refractivity contribution in [3.63, 3.8) is 0 Å². The lowest BCUT2D eigenvalue weighted by molar-refractivity contribution is 0.0635. The smallest absolute Gasteiger partial charge is 0.283 e. The maximum atomic E-state index is 6.18. The predicted octanol–water partition coefficient (Wildman–Crippen LogP) is 2.55. The number of fused-ring (bicyclic) bond motifs is 4. The van der Waals surface area contributed by atoms with Gasteiger partial charge in [-0.15, -0.1) is 0 Å². The molecule has 0 amide bonds. The van der Waals surface area contributed by atoms with Crippen molar-refractivity contribution in [3.8, 4) is 11.5 Å². The van der Waals surface area contributed by atoms with E-state index in [4.69, 9.17) is 25.7 Å². The fourth-order valence-corrected chi connectivity index (χ4v) is 3.93. The Kier molecular flexibility index (Phi) is 3.58. The lowest BCUT2D eigenvalue weighted by atomic mass is 9.80. The van der Waals surface area contributed by atoms with Gasteiger partial charge < -0.3 is 25.7 Å². The number of nitrogens with zero attached hydrogens (tertiary/aromatic N) is 2. The zero-order valence-corrected chi connectivity index (χ0v) is 14.8. The molecule has 4 heterocycles. The number of rotatable bonds is 1. The van der Waals surface area contributed by atoms with Crippen molar-refractivity contribution in [2.45, 2.75) is 18.4 Å². The highest BCUT2D eigenvalue weighted by atomic mass is 16.5. The Morgan fingerprint density at radius 3 is 2.78 bits per heavy atom. The van der Waals surface area contributed by atoms with E-state index in [0.717, 1.165) is 35.4 Å². The van der Waals surface area contributed by atoms with Crippen LogP contribution in [0.1, 0.15) is 29.7 Å². The van der Waals surface area contributed by atoms with Crippen LogP contribution in [0.15, 0.2) is 41.5 Å². The molecule has 0 saturated carbocycles. The van der Waals surface area contributed by atoms with Crippen LogP contribution in [0.5, 0.6) is 11.5 Å². The molecule has 7 nitrogen and oxygen atoms in total. The van der Waals surface area contributed by atoms with E-state index in [0.29, 0.717) is 36.8 Å². The summed E-state index contributed by atoms with van der Waals surface area (Å²) in [6.07, 6.45) is 5.43. The molecule has 1 atom stereocenters. The minimum Gasteiger partial charge on any atom is -0.455 e. The Bertz CT molecular complexity index is 985. The van der Waals surface area contributed by atoms with Crippen LogP contribution in [0.25, 0.3) is 5.57 Å². The predicted molar refractivity (Wildman–Crippen MR) is 102 cm³/mol. The van der Waals surface area contributed by atoms with E-state index < -0.39 is 5.60 Å². The van der Waals surface area contributed by atoms with Gasteiger partial charge >= 0.3 is 0 Å². The molecule has 0 aliphatic carbocycles. The molecule has 7 heteroatoms. The van der Waals surface area contributed by atoms with Crippen LogP contribution in [0, 0.1) is 0 Å². The Morgan fingerprint density at radius 2 is 1.96 bits per heavy atom. The summed E-state index contributed by atoms with van der Waals surface area (Å²) in [6, 6.07) is 7.73. The summed E-state index contributed by atoms with van der Waals surface area (Å²) in [5, 5.41) is 0. The van der Waals surface area contributed by atoms with Crippen molar-refractivity contribution in [1.29, 1.82) is 0 Å². The molecule has 0 unspecified atom stereocenters. The fraction of sp³-hybridized carbons (Fsp3) is 0.300. The number of nitrogen functional groups attached to an aromatic ring is 1. The van der Waals surface area contributed by atoms with Crippen LogP contribution in [0.3, 0.4) is 0 Å². The van der Waals surface area contributed by atoms with Gasteiger partial charge in [-0.2, -0.15) is 0 Å². The number of pyridine rings is 1. The van der Waals surface area contributed by atoms with Gasteiger partial charge in [-0.05, 0) is 36.3 Å². The lowest BCUT2D eigenvalue weighted by Gasteiger charge is -2.41. The largest absolute Gasteiger partial charge is 0.455 e. The molecule has 4 N–H and O–H groups in total. The first-order valence-electron chi connectivity index (χ1n) is 9.00. The second-order valence-electron chi connectivity index (χ2n) is 6.89. The summed E-state index contributed by atoms with van der Waals surface area (Å²) in [5.74, 6) is 1.35. The highest BCUT2D eigenvalue weighted by Gasteiger charge is 2.47. The zero-order valence-electron chi connectivity index (χ0n) is 14.8. The summed E-state index contributed by atoms with van der Waals surface area (Å²) >= 11 is 0. The van der Waals surface area contributed by atoms with Crippen molar-refractivity contribution >= 4 is 17.3 Å². The van der Waals surface area contributed by atoms with Gasteiger partial charge in [-0.1, -0.05) is 6.08 Å². The molecule has 1 aromatic carbocycles. The van der Waals surface area contributed by atoms with Crippen molar-refractivity contribution in [3.05, 3.63) is 53.4 Å². The van der Waals surface area contributed by atoms with Gasteiger partial charge in [0.2, 0.25) is 0 Å². The standard InChI is InChI=1S/C20H20N4O3/c21-13-3-4-17-14(8-13)20(5-6-23-19(22)27-20)15-9-16(24-10-18(15)26-17)12-2-1-7-25-11-12/h2-4,8-10H,1,5-7,11,21H2,(H2,22,23)/t20-/m0/s1. The Morgan fingerprint density at radius 1 is 1.07 bits per heavy atom. The quantitative estimate of drug-likeness (QED) is 0.754. The third-order valence-electron chi connectivity index (χ3n) is 5.21. The molecule has 27 heavy (non-hydrogen) atoms. The van der Waals surface area contributed by atoms with E-state index in [1.54, 1.807) is 6.20 Å². The number of amidine groups is 1. The Hall–Kier alpha value is -3.06.